The predicted molar refractivity (Wildman–Crippen MR) is 135 cm³/mol. The highest BCUT2D eigenvalue weighted by molar-refractivity contribution is 7.85. The zero-order chi connectivity index (χ0) is 24.7. The fraction of sp³-hybridized carbons (Fsp3) is 0.400. The molecular weight excluding hydrogens is 470 g/mol. The number of halogens is 1. The molecule has 1 aromatic heterocycles. The number of benzene rings is 2. The summed E-state index contributed by atoms with van der Waals surface area (Å²) in [6.07, 6.45) is 5.05. The average Bonchev–Trinajstić information content (AvgIpc) is 3.63. The summed E-state index contributed by atoms with van der Waals surface area (Å²) in [7, 11) is -0.470. The molecule has 2 aliphatic rings. The Balaban J connectivity index is 1.63. The Morgan fingerprint density at radius 3 is 2.60 bits per heavy atom. The highest BCUT2D eigenvalue weighted by Gasteiger charge is 2.33. The molecule has 2 aromatic carbocycles. The second-order valence-corrected chi connectivity index (χ2v) is 10.6. The van der Waals surface area contributed by atoms with Crippen LogP contribution >= 0.6 is 0 Å². The molecular formula is C25H28BFN2O5S. The lowest BCUT2D eigenvalue weighted by Gasteiger charge is -2.31. The summed E-state index contributed by atoms with van der Waals surface area (Å²) in [4.78, 5) is 12.9. The molecule has 2 fully saturated rings. The molecule has 0 spiro atoms. The Hall–Kier alpha value is -2.69. The van der Waals surface area contributed by atoms with Gasteiger partial charge in [0.1, 0.15) is 28.1 Å². The Labute approximate surface area is 206 Å². The van der Waals surface area contributed by atoms with Gasteiger partial charge >= 0.3 is 7.12 Å². The van der Waals surface area contributed by atoms with Crippen molar-refractivity contribution >= 4 is 40.7 Å². The first-order valence-electron chi connectivity index (χ1n) is 11.8. The van der Waals surface area contributed by atoms with Gasteiger partial charge in [0.05, 0.1) is 11.3 Å². The van der Waals surface area contributed by atoms with Crippen molar-refractivity contribution in [1.29, 1.82) is 0 Å². The van der Waals surface area contributed by atoms with Crippen molar-refractivity contribution in [2.24, 2.45) is 5.92 Å². The number of anilines is 1. The van der Waals surface area contributed by atoms with E-state index in [0.29, 0.717) is 53.2 Å². The highest BCUT2D eigenvalue weighted by Crippen LogP contribution is 2.48. The van der Waals surface area contributed by atoms with Gasteiger partial charge < -0.3 is 19.4 Å². The van der Waals surface area contributed by atoms with E-state index in [1.165, 1.54) is 12.1 Å². The third-order valence-corrected chi connectivity index (χ3v) is 7.73. The Kier molecular flexibility index (Phi) is 6.70. The van der Waals surface area contributed by atoms with Gasteiger partial charge in [0.15, 0.2) is 0 Å². The molecule has 1 saturated carbocycles. The van der Waals surface area contributed by atoms with Gasteiger partial charge in [-0.1, -0.05) is 0 Å². The van der Waals surface area contributed by atoms with Crippen LogP contribution in [-0.4, -0.2) is 48.7 Å². The molecule has 2 atom stereocenters. The monoisotopic (exact) mass is 498 g/mol. The van der Waals surface area contributed by atoms with Crippen molar-refractivity contribution in [3.05, 3.63) is 53.3 Å². The summed E-state index contributed by atoms with van der Waals surface area (Å²) < 4.78 is 40.0. The molecule has 184 valence electrons. The fourth-order valence-corrected chi connectivity index (χ4v) is 5.61. The number of furan rings is 1. The largest absolute Gasteiger partial charge is 0.455 e. The van der Waals surface area contributed by atoms with Gasteiger partial charge in [-0.25, -0.2) is 8.60 Å². The first-order chi connectivity index (χ1) is 16.9. The summed E-state index contributed by atoms with van der Waals surface area (Å²) in [5, 5.41) is 13.0. The van der Waals surface area contributed by atoms with Crippen molar-refractivity contribution in [3.63, 3.8) is 0 Å². The first kappa shape index (κ1) is 24.0. The number of amides is 1. The van der Waals surface area contributed by atoms with Gasteiger partial charge in [0.2, 0.25) is 0 Å². The summed E-state index contributed by atoms with van der Waals surface area (Å²) in [5.74, 6) is 0.179. The number of hydrogen-bond donors (Lipinski definition) is 2. The van der Waals surface area contributed by atoms with Gasteiger partial charge in [0, 0.05) is 43.5 Å². The smallest absolute Gasteiger partial charge is 0.454 e. The molecule has 2 unspecified atom stereocenters. The SMILES string of the molecule is CNC(=O)c1c(-c2ccc(F)cc2)oc2cc(N(CC3CCB(O)OC3)S(C)=O)c(C3CC3)cc12. The van der Waals surface area contributed by atoms with E-state index in [1.807, 2.05) is 16.4 Å². The minimum atomic E-state index is -1.30. The number of carbonyl (C=O) groups is 1. The molecule has 7 nitrogen and oxygen atoms in total. The predicted octanol–water partition coefficient (Wildman–Crippen LogP) is 4.09. The van der Waals surface area contributed by atoms with Gasteiger partial charge in [0.25, 0.3) is 5.91 Å². The second kappa shape index (κ2) is 9.75. The molecule has 5 rings (SSSR count). The minimum Gasteiger partial charge on any atom is -0.455 e. The lowest BCUT2D eigenvalue weighted by Crippen LogP contribution is -2.38. The summed E-state index contributed by atoms with van der Waals surface area (Å²) in [5.41, 5.74) is 3.38. The Morgan fingerprint density at radius 2 is 2.00 bits per heavy atom. The van der Waals surface area contributed by atoms with Gasteiger partial charge in [-0.05, 0) is 73.3 Å². The topological polar surface area (TPSA) is 92.0 Å². The molecule has 1 aliphatic heterocycles. The Bertz CT molecular complexity index is 1270. The van der Waals surface area contributed by atoms with E-state index in [0.717, 1.165) is 30.5 Å². The summed E-state index contributed by atoms with van der Waals surface area (Å²) in [6, 6.07) is 9.72. The van der Waals surface area contributed by atoms with E-state index in [2.05, 4.69) is 5.32 Å². The van der Waals surface area contributed by atoms with Crippen LogP contribution in [0.3, 0.4) is 0 Å². The van der Waals surface area contributed by atoms with Crippen LogP contribution in [0.4, 0.5) is 10.1 Å². The second-order valence-electron chi connectivity index (χ2n) is 9.29. The van der Waals surface area contributed by atoms with E-state index in [9.17, 15) is 18.4 Å². The molecule has 0 bridgehead atoms. The molecule has 1 saturated heterocycles. The van der Waals surface area contributed by atoms with Crippen molar-refractivity contribution in [1.82, 2.24) is 5.32 Å². The van der Waals surface area contributed by atoms with Crippen molar-refractivity contribution in [3.8, 4) is 11.3 Å². The lowest BCUT2D eigenvalue weighted by molar-refractivity contribution is 0.0964. The van der Waals surface area contributed by atoms with Gasteiger partial charge in [-0.3, -0.25) is 9.10 Å². The van der Waals surface area contributed by atoms with Crippen molar-refractivity contribution in [2.75, 3.05) is 30.8 Å². The minimum absolute atomic E-state index is 0.137. The van der Waals surface area contributed by atoms with Crippen molar-refractivity contribution < 1.29 is 27.5 Å². The maximum Gasteiger partial charge on any atom is 0.454 e. The maximum atomic E-state index is 13.5. The summed E-state index contributed by atoms with van der Waals surface area (Å²) >= 11 is 0. The number of hydrogen-bond acceptors (Lipinski definition) is 5. The number of fused-ring (bicyclic) bond motifs is 1. The molecule has 0 radical (unpaired) electrons. The van der Waals surface area contributed by atoms with E-state index < -0.39 is 18.1 Å². The molecule has 10 heteroatoms. The van der Waals surface area contributed by atoms with E-state index >= 15 is 0 Å². The van der Waals surface area contributed by atoms with Crippen LogP contribution in [0.5, 0.6) is 0 Å². The third kappa shape index (κ3) is 4.87. The molecule has 1 amide bonds. The van der Waals surface area contributed by atoms with Crippen LogP contribution in [0.15, 0.2) is 40.8 Å². The highest BCUT2D eigenvalue weighted by atomic mass is 32.2. The van der Waals surface area contributed by atoms with Crippen molar-refractivity contribution in [2.45, 2.75) is 31.5 Å². The van der Waals surface area contributed by atoms with E-state index in [-0.39, 0.29) is 17.6 Å². The average molecular weight is 498 g/mol. The number of carbonyl (C=O) groups excluding carboxylic acids is 1. The van der Waals surface area contributed by atoms with E-state index in [1.54, 1.807) is 25.4 Å². The summed E-state index contributed by atoms with van der Waals surface area (Å²) in [6.45, 7) is 0.932. The van der Waals surface area contributed by atoms with E-state index in [4.69, 9.17) is 9.07 Å². The van der Waals surface area contributed by atoms with Crippen LogP contribution in [0, 0.1) is 11.7 Å². The van der Waals surface area contributed by atoms with Crippen LogP contribution in [0.1, 0.15) is 41.1 Å². The maximum absolute atomic E-state index is 13.5. The standard InChI is InChI=1S/C25H28BFN2O5S/c1-28-25(30)23-20-11-19(16-3-4-16)21(29(35(2)32)13-15-9-10-26(31)33-14-15)12-22(20)34-24(23)17-5-7-18(27)8-6-17/h5-8,11-12,15-16,31H,3-4,9-10,13-14H2,1-2H3,(H,28,30). The van der Waals surface area contributed by atoms with Crippen LogP contribution < -0.4 is 9.62 Å². The lowest BCUT2D eigenvalue weighted by atomic mass is 9.77. The van der Waals surface area contributed by atoms with Crippen LogP contribution in [0.25, 0.3) is 22.3 Å². The molecule has 2 heterocycles. The Morgan fingerprint density at radius 1 is 1.26 bits per heavy atom. The first-order valence-corrected chi connectivity index (χ1v) is 13.4. The van der Waals surface area contributed by atoms with Crippen LogP contribution in [0.2, 0.25) is 6.32 Å². The zero-order valence-corrected chi connectivity index (χ0v) is 20.6. The number of rotatable bonds is 7. The number of nitrogens with one attached hydrogen (secondary N) is 1. The van der Waals surface area contributed by atoms with Crippen LogP contribution in [-0.2, 0) is 15.6 Å². The molecule has 35 heavy (non-hydrogen) atoms. The normalized spacial score (nSPS) is 19.1. The zero-order valence-electron chi connectivity index (χ0n) is 19.8. The van der Waals surface area contributed by atoms with Gasteiger partial charge in [-0.2, -0.15) is 0 Å². The van der Waals surface area contributed by atoms with Gasteiger partial charge in [-0.15, -0.1) is 0 Å². The quantitative estimate of drug-likeness (QED) is 0.479. The third-order valence-electron chi connectivity index (χ3n) is 6.76. The number of nitrogens with zero attached hydrogens (tertiary/aromatic N) is 1. The molecule has 1 aliphatic carbocycles. The molecule has 3 aromatic rings. The fourth-order valence-electron chi connectivity index (χ4n) is 4.75. The molecule has 2 N–H and O–H groups in total.